The summed E-state index contributed by atoms with van der Waals surface area (Å²) in [6.45, 7) is 8.43. The van der Waals surface area contributed by atoms with Crippen LogP contribution >= 0.6 is 7.29 Å². The maximum Gasteiger partial charge on any atom is 0.205 e. The molecular formula is C28H34NOP. The van der Waals surface area contributed by atoms with E-state index in [-0.39, 0.29) is 6.04 Å². The first kappa shape index (κ1) is 23.3. The minimum absolute atomic E-state index is 0.135. The number of benzene rings is 3. The van der Waals surface area contributed by atoms with Crippen molar-refractivity contribution in [1.29, 1.82) is 0 Å². The fraction of sp³-hybridized carbons (Fsp3) is 0.286. The lowest BCUT2D eigenvalue weighted by Crippen LogP contribution is -2.32. The number of nitrogens with one attached hydrogen (secondary N) is 1. The topological polar surface area (TPSA) is 29.1 Å². The molecule has 3 heteroatoms. The summed E-state index contributed by atoms with van der Waals surface area (Å²) in [5.74, 6) is 0. The van der Waals surface area contributed by atoms with E-state index in [0.29, 0.717) is 0 Å². The summed E-state index contributed by atoms with van der Waals surface area (Å²) in [5, 5.41) is 5.39. The molecule has 0 heterocycles. The van der Waals surface area contributed by atoms with Crippen molar-refractivity contribution in [3.63, 3.8) is 0 Å². The van der Waals surface area contributed by atoms with Gasteiger partial charge in [0.25, 0.3) is 0 Å². The second kappa shape index (κ2) is 10.8. The van der Waals surface area contributed by atoms with Crippen LogP contribution in [0.4, 0.5) is 0 Å². The number of unbranched alkanes of at least 4 members (excludes halogenated alkanes) is 2. The SMILES string of the molecule is CCCC/C=C/C(NP(=O)(c1ccccc1)c1c(C)cc(C)cc1C)c1ccccc1. The molecule has 0 spiro atoms. The van der Waals surface area contributed by atoms with E-state index >= 15 is 0 Å². The quantitative estimate of drug-likeness (QED) is 0.226. The average Bonchev–Trinajstić information content (AvgIpc) is 2.76. The molecule has 0 aromatic heterocycles. The zero-order chi connectivity index (χ0) is 22.3. The smallest absolute Gasteiger partial charge is 0.205 e. The monoisotopic (exact) mass is 431 g/mol. The van der Waals surface area contributed by atoms with Crippen LogP contribution in [0.1, 0.15) is 54.5 Å². The normalized spacial score (nSPS) is 14.5. The molecule has 0 aliphatic rings. The Morgan fingerprint density at radius 2 is 1.48 bits per heavy atom. The molecule has 0 fully saturated rings. The Bertz CT molecular complexity index is 1030. The molecule has 0 aliphatic carbocycles. The van der Waals surface area contributed by atoms with Crippen molar-refractivity contribution in [1.82, 2.24) is 5.09 Å². The Morgan fingerprint density at radius 1 is 0.903 bits per heavy atom. The van der Waals surface area contributed by atoms with E-state index < -0.39 is 7.29 Å². The number of aryl methyl sites for hydroxylation is 3. The van der Waals surface area contributed by atoms with Crippen LogP contribution in [0.5, 0.6) is 0 Å². The summed E-state index contributed by atoms with van der Waals surface area (Å²) < 4.78 is 14.9. The number of allylic oxidation sites excluding steroid dienone is 1. The molecule has 3 aromatic carbocycles. The average molecular weight is 432 g/mol. The summed E-state index contributed by atoms with van der Waals surface area (Å²) >= 11 is 0. The highest BCUT2D eigenvalue weighted by Gasteiger charge is 2.32. The standard InChI is InChI=1S/C28H34NOP/c1-5-6-7-14-19-27(25-15-10-8-11-16-25)29-31(30,26-17-12-9-13-18-26)28-23(3)20-22(2)21-24(28)4/h8-21,27H,5-7H2,1-4H3,(H,29,30)/b19-14+. The van der Waals surface area contributed by atoms with E-state index in [9.17, 15) is 4.57 Å². The molecule has 0 radical (unpaired) electrons. The first-order valence-electron chi connectivity index (χ1n) is 11.2. The lowest BCUT2D eigenvalue weighted by molar-refractivity contribution is 0.573. The summed E-state index contributed by atoms with van der Waals surface area (Å²) in [6, 6.07) is 24.3. The molecule has 162 valence electrons. The third-order valence-electron chi connectivity index (χ3n) is 5.60. The molecule has 31 heavy (non-hydrogen) atoms. The highest BCUT2D eigenvalue weighted by atomic mass is 31.2. The summed E-state index contributed by atoms with van der Waals surface area (Å²) in [6.07, 6.45) is 7.75. The Hall–Kier alpha value is -2.41. The molecule has 0 saturated carbocycles. The van der Waals surface area contributed by atoms with Crippen molar-refractivity contribution in [3.05, 3.63) is 107 Å². The molecule has 2 unspecified atom stereocenters. The highest BCUT2D eigenvalue weighted by Crippen LogP contribution is 2.44. The summed E-state index contributed by atoms with van der Waals surface area (Å²) in [4.78, 5) is 0. The fourth-order valence-electron chi connectivity index (χ4n) is 4.21. The zero-order valence-corrected chi connectivity index (χ0v) is 20.0. The summed E-state index contributed by atoms with van der Waals surface area (Å²) in [7, 11) is -3.10. The third kappa shape index (κ3) is 5.64. The van der Waals surface area contributed by atoms with Gasteiger partial charge in [0.15, 0.2) is 0 Å². The predicted molar refractivity (Wildman–Crippen MR) is 135 cm³/mol. The Kier molecular flexibility index (Phi) is 8.07. The van der Waals surface area contributed by atoms with E-state index in [1.54, 1.807) is 0 Å². The minimum atomic E-state index is -3.10. The van der Waals surface area contributed by atoms with Crippen molar-refractivity contribution in [2.45, 2.75) is 53.0 Å². The highest BCUT2D eigenvalue weighted by molar-refractivity contribution is 7.77. The van der Waals surface area contributed by atoms with Gasteiger partial charge in [0.2, 0.25) is 7.29 Å². The molecule has 3 rings (SSSR count). The van der Waals surface area contributed by atoms with Crippen molar-refractivity contribution >= 4 is 17.9 Å². The van der Waals surface area contributed by atoms with Crippen LogP contribution < -0.4 is 15.7 Å². The van der Waals surface area contributed by atoms with Gasteiger partial charge in [-0.1, -0.05) is 98.1 Å². The van der Waals surface area contributed by atoms with Crippen LogP contribution in [0.15, 0.2) is 84.9 Å². The Labute approximate surface area is 187 Å². The van der Waals surface area contributed by atoms with Crippen molar-refractivity contribution < 1.29 is 4.57 Å². The van der Waals surface area contributed by atoms with Gasteiger partial charge in [0, 0.05) is 10.6 Å². The zero-order valence-electron chi connectivity index (χ0n) is 19.1. The second-order valence-electron chi connectivity index (χ2n) is 8.28. The van der Waals surface area contributed by atoms with Crippen LogP contribution in [-0.2, 0) is 4.57 Å². The Balaban J connectivity index is 2.13. The van der Waals surface area contributed by atoms with E-state index in [2.05, 4.69) is 69.2 Å². The molecule has 0 aliphatic heterocycles. The molecule has 0 amide bonds. The van der Waals surface area contributed by atoms with Gasteiger partial charge in [0.1, 0.15) is 0 Å². The van der Waals surface area contributed by atoms with E-state index in [4.69, 9.17) is 0 Å². The maximum absolute atomic E-state index is 14.9. The van der Waals surface area contributed by atoms with Crippen molar-refractivity contribution in [2.75, 3.05) is 0 Å². The largest absolute Gasteiger partial charge is 0.296 e. The second-order valence-corrected chi connectivity index (χ2v) is 10.7. The number of hydrogen-bond donors (Lipinski definition) is 1. The van der Waals surface area contributed by atoms with Gasteiger partial charge >= 0.3 is 0 Å². The number of hydrogen-bond acceptors (Lipinski definition) is 1. The number of rotatable bonds is 9. The van der Waals surface area contributed by atoms with Crippen molar-refractivity contribution in [3.8, 4) is 0 Å². The van der Waals surface area contributed by atoms with Crippen LogP contribution in [0.25, 0.3) is 0 Å². The van der Waals surface area contributed by atoms with Crippen LogP contribution in [0.2, 0.25) is 0 Å². The molecule has 2 atom stereocenters. The van der Waals surface area contributed by atoms with Gasteiger partial charge in [-0.15, -0.1) is 0 Å². The molecule has 1 N–H and O–H groups in total. The first-order chi connectivity index (χ1) is 15.0. The van der Waals surface area contributed by atoms with Gasteiger partial charge in [-0.3, -0.25) is 4.57 Å². The van der Waals surface area contributed by atoms with Crippen LogP contribution in [0.3, 0.4) is 0 Å². The lowest BCUT2D eigenvalue weighted by Gasteiger charge is -2.28. The van der Waals surface area contributed by atoms with Crippen molar-refractivity contribution in [2.24, 2.45) is 0 Å². The summed E-state index contributed by atoms with van der Waals surface area (Å²) in [5.41, 5.74) is 4.45. The molecule has 2 nitrogen and oxygen atoms in total. The van der Waals surface area contributed by atoms with Gasteiger partial charge in [0.05, 0.1) is 6.04 Å². The van der Waals surface area contributed by atoms with Gasteiger partial charge in [-0.25, -0.2) is 5.09 Å². The molecule has 0 saturated heterocycles. The van der Waals surface area contributed by atoms with Gasteiger partial charge in [-0.05, 0) is 56.0 Å². The molecular weight excluding hydrogens is 397 g/mol. The lowest BCUT2D eigenvalue weighted by atomic mass is 10.1. The predicted octanol–water partition coefficient (Wildman–Crippen LogP) is 6.92. The van der Waals surface area contributed by atoms with E-state index in [1.165, 1.54) is 5.56 Å². The van der Waals surface area contributed by atoms with Gasteiger partial charge < -0.3 is 0 Å². The van der Waals surface area contributed by atoms with E-state index in [1.807, 2.05) is 48.5 Å². The van der Waals surface area contributed by atoms with E-state index in [0.717, 1.165) is 46.6 Å². The first-order valence-corrected chi connectivity index (χ1v) is 12.9. The third-order valence-corrected chi connectivity index (χ3v) is 8.60. The fourth-order valence-corrected chi connectivity index (χ4v) is 7.09. The van der Waals surface area contributed by atoms with Gasteiger partial charge in [-0.2, -0.15) is 0 Å². The van der Waals surface area contributed by atoms with Crippen LogP contribution in [-0.4, -0.2) is 0 Å². The molecule has 0 bridgehead atoms. The minimum Gasteiger partial charge on any atom is -0.296 e. The van der Waals surface area contributed by atoms with Crippen LogP contribution in [0, 0.1) is 20.8 Å². The molecule has 3 aromatic rings. The Morgan fingerprint density at radius 3 is 2.06 bits per heavy atom. The maximum atomic E-state index is 14.9.